The van der Waals surface area contributed by atoms with E-state index in [9.17, 15) is 9.59 Å². The molecular weight excluding hydrogens is 248 g/mol. The highest BCUT2D eigenvalue weighted by atomic mass is 16.6. The standard InChI is InChI=1S/C14H24O5/c1-10(2)11-14(12(15)17-3,13(16)18-4)8-6-5-7-9-19-11/h10-11H,5-9H2,1-4H3. The van der Waals surface area contributed by atoms with Crippen molar-refractivity contribution in [3.05, 3.63) is 0 Å². The van der Waals surface area contributed by atoms with Gasteiger partial charge in [0, 0.05) is 6.61 Å². The molecule has 0 radical (unpaired) electrons. The number of ether oxygens (including phenoxy) is 3. The molecule has 19 heavy (non-hydrogen) atoms. The van der Waals surface area contributed by atoms with Gasteiger partial charge in [0.25, 0.3) is 0 Å². The van der Waals surface area contributed by atoms with Crippen molar-refractivity contribution in [1.82, 2.24) is 0 Å². The lowest BCUT2D eigenvalue weighted by Crippen LogP contribution is -2.54. The molecule has 1 unspecified atom stereocenters. The lowest BCUT2D eigenvalue weighted by Gasteiger charge is -2.39. The Morgan fingerprint density at radius 1 is 1.11 bits per heavy atom. The second kappa shape index (κ2) is 6.89. The summed E-state index contributed by atoms with van der Waals surface area (Å²) in [7, 11) is 2.59. The topological polar surface area (TPSA) is 61.8 Å². The maximum Gasteiger partial charge on any atom is 0.325 e. The zero-order valence-corrected chi connectivity index (χ0v) is 12.2. The Labute approximate surface area is 114 Å². The van der Waals surface area contributed by atoms with Crippen LogP contribution in [0.2, 0.25) is 0 Å². The van der Waals surface area contributed by atoms with E-state index in [2.05, 4.69) is 0 Å². The molecule has 1 rings (SSSR count). The van der Waals surface area contributed by atoms with E-state index in [-0.39, 0.29) is 5.92 Å². The van der Waals surface area contributed by atoms with Crippen molar-refractivity contribution in [2.45, 2.75) is 45.6 Å². The van der Waals surface area contributed by atoms with E-state index in [4.69, 9.17) is 14.2 Å². The molecule has 1 heterocycles. The quantitative estimate of drug-likeness (QED) is 0.580. The van der Waals surface area contributed by atoms with E-state index in [0.717, 1.165) is 19.3 Å². The number of rotatable bonds is 3. The van der Waals surface area contributed by atoms with Gasteiger partial charge in [0.1, 0.15) is 0 Å². The zero-order valence-electron chi connectivity index (χ0n) is 12.2. The molecule has 1 fully saturated rings. The average Bonchev–Trinajstić information content (AvgIpc) is 2.37. The summed E-state index contributed by atoms with van der Waals surface area (Å²) < 4.78 is 15.6. The molecule has 1 saturated heterocycles. The summed E-state index contributed by atoms with van der Waals surface area (Å²) >= 11 is 0. The second-order valence-corrected chi connectivity index (χ2v) is 5.30. The molecule has 0 amide bonds. The zero-order chi connectivity index (χ0) is 14.5. The number of methoxy groups -OCH3 is 2. The average molecular weight is 272 g/mol. The molecule has 5 heteroatoms. The molecule has 1 aliphatic rings. The van der Waals surface area contributed by atoms with E-state index in [1.54, 1.807) is 0 Å². The Bertz CT molecular complexity index is 308. The van der Waals surface area contributed by atoms with Gasteiger partial charge in [0.15, 0.2) is 5.41 Å². The van der Waals surface area contributed by atoms with Crippen LogP contribution in [0.1, 0.15) is 39.5 Å². The number of hydrogen-bond acceptors (Lipinski definition) is 5. The van der Waals surface area contributed by atoms with Crippen molar-refractivity contribution in [1.29, 1.82) is 0 Å². The summed E-state index contributed by atoms with van der Waals surface area (Å²) in [5.74, 6) is -1.09. The van der Waals surface area contributed by atoms with Crippen LogP contribution in [0, 0.1) is 11.3 Å². The van der Waals surface area contributed by atoms with Crippen LogP contribution in [0.4, 0.5) is 0 Å². The summed E-state index contributed by atoms with van der Waals surface area (Å²) in [5, 5.41) is 0. The third-order valence-electron chi connectivity index (χ3n) is 3.70. The highest BCUT2D eigenvalue weighted by molar-refractivity contribution is 6.00. The number of carbonyl (C=O) groups excluding carboxylic acids is 2. The van der Waals surface area contributed by atoms with Gasteiger partial charge in [-0.2, -0.15) is 0 Å². The first-order chi connectivity index (χ1) is 9.00. The van der Waals surface area contributed by atoms with Crippen LogP contribution in [0.15, 0.2) is 0 Å². The minimum atomic E-state index is -1.34. The Morgan fingerprint density at radius 3 is 2.16 bits per heavy atom. The lowest BCUT2D eigenvalue weighted by molar-refractivity contribution is -0.188. The van der Waals surface area contributed by atoms with Gasteiger partial charge in [0.2, 0.25) is 0 Å². The Morgan fingerprint density at radius 2 is 1.68 bits per heavy atom. The number of esters is 2. The van der Waals surface area contributed by atoms with Crippen LogP contribution in [-0.2, 0) is 23.8 Å². The van der Waals surface area contributed by atoms with Crippen molar-refractivity contribution in [2.24, 2.45) is 11.3 Å². The SMILES string of the molecule is COC(=O)C1(C(=O)OC)CCCCCOC1C(C)C. The van der Waals surface area contributed by atoms with Crippen LogP contribution in [0.25, 0.3) is 0 Å². The predicted molar refractivity (Wildman–Crippen MR) is 69.5 cm³/mol. The Hall–Kier alpha value is -1.10. The molecule has 0 N–H and O–H groups in total. The number of carbonyl (C=O) groups is 2. The van der Waals surface area contributed by atoms with Gasteiger partial charge < -0.3 is 14.2 Å². The summed E-state index contributed by atoms with van der Waals surface area (Å²) in [6, 6.07) is 0. The smallest absolute Gasteiger partial charge is 0.325 e. The van der Waals surface area contributed by atoms with Crippen LogP contribution in [0.5, 0.6) is 0 Å². The van der Waals surface area contributed by atoms with Crippen molar-refractivity contribution in [2.75, 3.05) is 20.8 Å². The fraction of sp³-hybridized carbons (Fsp3) is 0.857. The largest absolute Gasteiger partial charge is 0.468 e. The fourth-order valence-electron chi connectivity index (χ4n) is 2.82. The van der Waals surface area contributed by atoms with E-state index in [1.807, 2.05) is 13.8 Å². The van der Waals surface area contributed by atoms with Gasteiger partial charge in [-0.05, 0) is 18.8 Å². The van der Waals surface area contributed by atoms with Gasteiger partial charge >= 0.3 is 11.9 Å². The number of hydrogen-bond donors (Lipinski definition) is 0. The highest BCUT2D eigenvalue weighted by Gasteiger charge is 2.56. The van der Waals surface area contributed by atoms with Crippen LogP contribution < -0.4 is 0 Å². The van der Waals surface area contributed by atoms with Crippen molar-refractivity contribution >= 4 is 11.9 Å². The van der Waals surface area contributed by atoms with E-state index < -0.39 is 23.5 Å². The van der Waals surface area contributed by atoms with E-state index >= 15 is 0 Å². The molecule has 0 aliphatic carbocycles. The lowest BCUT2D eigenvalue weighted by atomic mass is 9.72. The molecule has 1 atom stereocenters. The normalized spacial score (nSPS) is 23.3. The van der Waals surface area contributed by atoms with Crippen LogP contribution >= 0.6 is 0 Å². The molecule has 0 saturated carbocycles. The molecule has 1 aliphatic heterocycles. The highest BCUT2D eigenvalue weighted by Crippen LogP contribution is 2.39. The summed E-state index contributed by atoms with van der Waals surface area (Å²) in [5.41, 5.74) is -1.34. The summed E-state index contributed by atoms with van der Waals surface area (Å²) in [4.78, 5) is 24.5. The Balaban J connectivity index is 3.23. The van der Waals surface area contributed by atoms with Gasteiger partial charge in [-0.25, -0.2) is 0 Å². The minimum Gasteiger partial charge on any atom is -0.468 e. The van der Waals surface area contributed by atoms with Gasteiger partial charge in [-0.3, -0.25) is 9.59 Å². The molecule has 0 aromatic heterocycles. The minimum absolute atomic E-state index is 0.0244. The van der Waals surface area contributed by atoms with Crippen LogP contribution in [-0.4, -0.2) is 38.9 Å². The third kappa shape index (κ3) is 3.08. The molecule has 110 valence electrons. The molecule has 0 bridgehead atoms. The van der Waals surface area contributed by atoms with E-state index in [1.165, 1.54) is 14.2 Å². The first-order valence-electron chi connectivity index (χ1n) is 6.79. The second-order valence-electron chi connectivity index (χ2n) is 5.30. The summed E-state index contributed by atoms with van der Waals surface area (Å²) in [6.45, 7) is 4.43. The van der Waals surface area contributed by atoms with Gasteiger partial charge in [-0.15, -0.1) is 0 Å². The monoisotopic (exact) mass is 272 g/mol. The first-order valence-corrected chi connectivity index (χ1v) is 6.79. The molecule has 0 aromatic carbocycles. The summed E-state index contributed by atoms with van der Waals surface area (Å²) in [6.07, 6.45) is 2.57. The van der Waals surface area contributed by atoms with E-state index in [0.29, 0.717) is 13.0 Å². The van der Waals surface area contributed by atoms with Crippen LogP contribution in [0.3, 0.4) is 0 Å². The van der Waals surface area contributed by atoms with Crippen molar-refractivity contribution in [3.63, 3.8) is 0 Å². The molecule has 0 aromatic rings. The first kappa shape index (κ1) is 16.0. The maximum atomic E-state index is 12.3. The predicted octanol–water partition coefficient (Wildman–Crippen LogP) is 1.93. The van der Waals surface area contributed by atoms with Crippen molar-refractivity contribution in [3.8, 4) is 0 Å². The molecule has 5 nitrogen and oxygen atoms in total. The third-order valence-corrected chi connectivity index (χ3v) is 3.70. The Kier molecular flexibility index (Phi) is 5.79. The van der Waals surface area contributed by atoms with Gasteiger partial charge in [-0.1, -0.05) is 26.7 Å². The fourth-order valence-corrected chi connectivity index (χ4v) is 2.82. The van der Waals surface area contributed by atoms with Gasteiger partial charge in [0.05, 0.1) is 20.3 Å². The maximum absolute atomic E-state index is 12.3. The van der Waals surface area contributed by atoms with Crippen molar-refractivity contribution < 1.29 is 23.8 Å². The molecule has 0 spiro atoms. The molecular formula is C14H24O5.